The molecule has 0 fully saturated rings. The van der Waals surface area contributed by atoms with E-state index in [1.54, 1.807) is 0 Å². The second kappa shape index (κ2) is 3.89. The topological polar surface area (TPSA) is 49.3 Å². The third-order valence-corrected chi connectivity index (χ3v) is 1.49. The van der Waals surface area contributed by atoms with E-state index in [4.69, 9.17) is 15.2 Å². The summed E-state index contributed by atoms with van der Waals surface area (Å²) in [6, 6.07) is 0. The summed E-state index contributed by atoms with van der Waals surface area (Å²) in [6.45, 7) is 0. The molecule has 3 nitrogen and oxygen atoms in total. The van der Waals surface area contributed by atoms with Crippen LogP contribution in [0.3, 0.4) is 0 Å². The molecule has 0 bridgehead atoms. The standard InChI is InChI=1S/ClH2NO2S2/c1-5-2-6(3)4/h2H,(H,3,4). The van der Waals surface area contributed by atoms with Gasteiger partial charge in [-0.25, -0.2) is 4.21 Å². The minimum absolute atomic E-state index is 0.582. The van der Waals surface area contributed by atoms with E-state index in [2.05, 4.69) is 0 Å². The van der Waals surface area contributed by atoms with Gasteiger partial charge in [-0.2, -0.15) is 0 Å². The summed E-state index contributed by atoms with van der Waals surface area (Å²) in [5.74, 6) is 0. The van der Waals surface area contributed by atoms with Crippen LogP contribution >= 0.6 is 21.8 Å². The minimum atomic E-state index is -1.98. The third kappa shape index (κ3) is 4.71. The highest BCUT2D eigenvalue weighted by Gasteiger charge is 1.83. The maximum atomic E-state index is 9.49. The van der Waals surface area contributed by atoms with Crippen LogP contribution in [-0.2, 0) is 11.3 Å². The van der Waals surface area contributed by atoms with Gasteiger partial charge in [-0.15, -0.1) is 4.13 Å². The van der Waals surface area contributed by atoms with Crippen LogP contribution in [0, 0.1) is 0 Å². The van der Waals surface area contributed by atoms with Crippen molar-refractivity contribution in [1.82, 2.24) is 4.13 Å². The van der Waals surface area contributed by atoms with Crippen molar-refractivity contribution in [3.8, 4) is 0 Å². The van der Waals surface area contributed by atoms with Crippen molar-refractivity contribution < 1.29 is 8.76 Å². The smallest absolute Gasteiger partial charge is 0.242 e. The van der Waals surface area contributed by atoms with E-state index in [-0.39, 0.29) is 0 Å². The van der Waals surface area contributed by atoms with Crippen molar-refractivity contribution in [2.75, 3.05) is 0 Å². The molecular weight excluding hydrogens is 146 g/mol. The highest BCUT2D eigenvalue weighted by atomic mass is 35.7. The zero-order chi connectivity index (χ0) is 4.99. The first-order valence-corrected chi connectivity index (χ1v) is 3.66. The highest BCUT2D eigenvalue weighted by Crippen LogP contribution is 1.96. The zero-order valence-corrected chi connectivity index (χ0v) is 4.94. The van der Waals surface area contributed by atoms with Gasteiger partial charge < -0.3 is 0 Å². The lowest BCUT2D eigenvalue weighted by Gasteiger charge is -1.82. The Morgan fingerprint density at radius 1 is 2.00 bits per heavy atom. The van der Waals surface area contributed by atoms with E-state index in [1.807, 2.05) is 4.13 Å². The molecule has 38 valence electrons. The average molecular weight is 148 g/mol. The van der Waals surface area contributed by atoms with Crippen molar-refractivity contribution >= 4 is 33.1 Å². The molecule has 1 atom stereocenters. The van der Waals surface area contributed by atoms with Crippen molar-refractivity contribution in [1.29, 1.82) is 0 Å². The summed E-state index contributed by atoms with van der Waals surface area (Å²) in [7, 11) is 4.85. The van der Waals surface area contributed by atoms with Crippen LogP contribution in [0.15, 0.2) is 0 Å². The largest absolute Gasteiger partial charge is 0.293 e. The lowest BCUT2D eigenvalue weighted by atomic mass is 13.9. The van der Waals surface area contributed by atoms with Crippen LogP contribution in [0.1, 0.15) is 0 Å². The van der Waals surface area contributed by atoms with Gasteiger partial charge in [0.15, 0.2) is 0 Å². The van der Waals surface area contributed by atoms with Crippen LogP contribution in [0.4, 0.5) is 0 Å². The van der Waals surface area contributed by atoms with Gasteiger partial charge in [0.25, 0.3) is 0 Å². The second-order valence-corrected chi connectivity index (χ2v) is 2.19. The maximum Gasteiger partial charge on any atom is 0.242 e. The maximum absolute atomic E-state index is 9.49. The van der Waals surface area contributed by atoms with Crippen molar-refractivity contribution in [2.45, 2.75) is 0 Å². The quantitative estimate of drug-likeness (QED) is 0.442. The lowest BCUT2D eigenvalue weighted by Crippen LogP contribution is -2.02. The van der Waals surface area contributed by atoms with Gasteiger partial charge >= 0.3 is 0 Å². The van der Waals surface area contributed by atoms with E-state index >= 15 is 0 Å². The fourth-order valence-electron chi connectivity index (χ4n) is 0.0269. The Balaban J connectivity index is 2.83. The van der Waals surface area contributed by atoms with Crippen LogP contribution in [-0.4, -0.2) is 8.76 Å². The molecule has 0 aliphatic rings. The molecule has 0 spiro atoms. The fraction of sp³-hybridized carbons (Fsp3) is 0. The Morgan fingerprint density at radius 3 is 2.50 bits per heavy atom. The monoisotopic (exact) mass is 147 g/mol. The summed E-state index contributed by atoms with van der Waals surface area (Å²) >= 11 is -1.40. The summed E-state index contributed by atoms with van der Waals surface area (Å²) < 4.78 is 19.2. The first-order chi connectivity index (χ1) is 2.77. The third-order valence-electron chi connectivity index (χ3n) is 0.103. The van der Waals surface area contributed by atoms with E-state index < -0.39 is 11.3 Å². The highest BCUT2D eigenvalue weighted by molar-refractivity contribution is 8.23. The molecule has 6 heavy (non-hydrogen) atoms. The molecule has 6 heteroatoms. The van der Waals surface area contributed by atoms with E-state index in [0.29, 0.717) is 11.2 Å². The summed E-state index contributed by atoms with van der Waals surface area (Å²) in [4.78, 5) is 0. The molecule has 0 amide bonds. The van der Waals surface area contributed by atoms with Gasteiger partial charge in [-0.05, 0) is 10.7 Å². The number of hydrogen-bond acceptors (Lipinski definition) is 2. The van der Waals surface area contributed by atoms with Crippen LogP contribution < -0.4 is 4.13 Å². The normalized spacial score (nSPS) is 14.3. The first kappa shape index (κ1) is 6.71. The van der Waals surface area contributed by atoms with Gasteiger partial charge in [-0.1, -0.05) is 0 Å². The molecule has 0 aliphatic carbocycles. The minimum Gasteiger partial charge on any atom is -0.293 e. The number of rotatable bonds is 2. The molecule has 0 saturated carbocycles. The summed E-state index contributed by atoms with van der Waals surface area (Å²) in [5.41, 5.74) is 0. The van der Waals surface area contributed by atoms with Crippen LogP contribution in [0.2, 0.25) is 0 Å². The molecule has 0 aromatic heterocycles. The number of halogens is 1. The van der Waals surface area contributed by atoms with Crippen LogP contribution in [0.25, 0.3) is 0 Å². The molecular formula is H2ClNO2S2. The Hall–Kier alpha value is 0.710. The lowest BCUT2D eigenvalue weighted by molar-refractivity contribution is 0.562. The van der Waals surface area contributed by atoms with E-state index in [0.717, 1.165) is 0 Å². The van der Waals surface area contributed by atoms with Gasteiger partial charge in [0, 0.05) is 11.2 Å². The summed E-state index contributed by atoms with van der Waals surface area (Å²) in [6.07, 6.45) is 0. The Morgan fingerprint density at radius 2 is 2.50 bits per heavy atom. The van der Waals surface area contributed by atoms with Crippen molar-refractivity contribution in [3.05, 3.63) is 0 Å². The molecule has 0 heterocycles. The predicted octanol–water partition coefficient (Wildman–Crippen LogP) is 0.515. The summed E-state index contributed by atoms with van der Waals surface area (Å²) in [5, 5.41) is 0. The molecule has 0 saturated heterocycles. The van der Waals surface area contributed by atoms with Gasteiger partial charge in [-0.3, -0.25) is 4.55 Å². The van der Waals surface area contributed by atoms with Gasteiger partial charge in [0.05, 0.1) is 0 Å². The zero-order valence-electron chi connectivity index (χ0n) is 2.55. The van der Waals surface area contributed by atoms with Gasteiger partial charge in [0.2, 0.25) is 11.3 Å². The van der Waals surface area contributed by atoms with E-state index in [9.17, 15) is 4.21 Å². The Kier molecular flexibility index (Phi) is 4.34. The molecule has 0 aromatic carbocycles. The molecule has 0 radical (unpaired) electrons. The second-order valence-electron chi connectivity index (χ2n) is 0.410. The average Bonchev–Trinajstić information content (AvgIpc) is 1.35. The molecule has 1 unspecified atom stereocenters. The predicted molar refractivity (Wildman–Crippen MR) is 27.4 cm³/mol. The Labute approximate surface area is 46.5 Å². The van der Waals surface area contributed by atoms with Crippen molar-refractivity contribution in [2.24, 2.45) is 0 Å². The van der Waals surface area contributed by atoms with Gasteiger partial charge in [0.1, 0.15) is 0 Å². The van der Waals surface area contributed by atoms with Crippen molar-refractivity contribution in [3.63, 3.8) is 0 Å². The molecule has 0 aromatic rings. The fourth-order valence-corrected chi connectivity index (χ4v) is 0.728. The Bertz CT molecular complexity index is 55.5. The number of nitrogens with one attached hydrogen (secondary N) is 1. The number of hydrogen-bond donors (Lipinski definition) is 2. The molecule has 0 rings (SSSR count). The molecule has 0 aliphatic heterocycles. The molecule has 2 N–H and O–H groups in total. The SMILES string of the molecule is O=S(O)NSCl. The van der Waals surface area contributed by atoms with E-state index in [1.165, 1.54) is 0 Å². The van der Waals surface area contributed by atoms with Crippen LogP contribution in [0.5, 0.6) is 0 Å². The first-order valence-electron chi connectivity index (χ1n) is 0.912.